The maximum atomic E-state index is 8.48. The molecule has 0 saturated heterocycles. The first-order chi connectivity index (χ1) is 26.4. The number of aromatic nitrogens is 2. The molecule has 7 aromatic rings. The molecule has 257 valence electrons. The Hall–Kier alpha value is -3.73. The standard InChI is InChI=1S/C27H22NS.C18H24NSi.Ir/c1-17(2)20-13-14-28-25(15-20)24-6-4-5-23-22-12-11-21(16-26(22)29-27(23)24)19-9-7-18(3)8-10-19;1-13(2)16-11-17(15-9-7-14(3)8-10-15)19-12-18(16)20(4,5)6;/h4-5,7-17H,1-3H3;7-9,11-13H,1-6H3;/q2*-1;/i3D3,17D;3D3,13D;. The fourth-order valence-electron chi connectivity index (χ4n) is 5.85. The minimum atomic E-state index is -2.13. The van der Waals surface area contributed by atoms with Gasteiger partial charge in [0, 0.05) is 48.2 Å². The third kappa shape index (κ3) is 8.24. The number of rotatable bonds is 6. The first kappa shape index (κ1) is 27.9. The van der Waals surface area contributed by atoms with Gasteiger partial charge in [0.1, 0.15) is 0 Å². The fourth-order valence-corrected chi connectivity index (χ4v) is 8.68. The predicted molar refractivity (Wildman–Crippen MR) is 216 cm³/mol. The topological polar surface area (TPSA) is 25.8 Å². The van der Waals surface area contributed by atoms with E-state index in [1.54, 1.807) is 41.8 Å². The normalized spacial score (nSPS) is 14.8. The average molecular weight is 875 g/mol. The Morgan fingerprint density at radius 1 is 0.740 bits per heavy atom. The molecule has 0 bridgehead atoms. The summed E-state index contributed by atoms with van der Waals surface area (Å²) in [5.41, 5.74) is 7.80. The Morgan fingerprint density at radius 3 is 2.14 bits per heavy atom. The van der Waals surface area contributed by atoms with Crippen molar-refractivity contribution >= 4 is 44.8 Å². The summed E-state index contributed by atoms with van der Waals surface area (Å²) in [7, 11) is -1.61. The van der Waals surface area contributed by atoms with Crippen LogP contribution in [0.3, 0.4) is 0 Å². The molecule has 0 atom stereocenters. The van der Waals surface area contributed by atoms with Crippen LogP contribution in [0, 0.1) is 25.8 Å². The SMILES string of the molecule is [2H]C([2H])([2H])c1c[c-]c(-c2cc(C([2H])(C)C)c([Si](C)(C)C)cn2)cc1.[2H]C([2H])([2H])c1ccc(-c2ccc3c(c2)sc2c(-c4cc(C([2H])(C)C)ccn4)[c-]ccc23)cc1.[Ir]. The van der Waals surface area contributed by atoms with Crippen LogP contribution in [0.25, 0.3) is 53.8 Å². The summed E-state index contributed by atoms with van der Waals surface area (Å²) < 4.78 is 64.2. The van der Waals surface area contributed by atoms with E-state index >= 15 is 0 Å². The number of hydrogen-bond acceptors (Lipinski definition) is 3. The van der Waals surface area contributed by atoms with Crippen molar-refractivity contribution in [1.82, 2.24) is 9.97 Å². The molecule has 0 fully saturated rings. The molecule has 0 N–H and O–H groups in total. The largest absolute Gasteiger partial charge is 0.305 e. The summed E-state index contributed by atoms with van der Waals surface area (Å²) in [6, 6.07) is 34.5. The van der Waals surface area contributed by atoms with Gasteiger partial charge in [-0.25, -0.2) is 0 Å². The van der Waals surface area contributed by atoms with Crippen molar-refractivity contribution in [1.29, 1.82) is 0 Å². The maximum Gasteiger partial charge on any atom is 0.0799 e. The molecule has 0 aliphatic carbocycles. The van der Waals surface area contributed by atoms with Crippen LogP contribution in [-0.2, 0) is 20.1 Å². The molecule has 4 aromatic carbocycles. The zero-order valence-corrected chi connectivity index (χ0v) is 33.7. The van der Waals surface area contributed by atoms with E-state index in [2.05, 4.69) is 66.0 Å². The van der Waals surface area contributed by atoms with Crippen molar-refractivity contribution in [2.75, 3.05) is 0 Å². The summed E-state index contributed by atoms with van der Waals surface area (Å²) in [5.74, 6) is -1.41. The number of hydrogen-bond donors (Lipinski definition) is 0. The van der Waals surface area contributed by atoms with Gasteiger partial charge in [0.2, 0.25) is 0 Å². The fraction of sp³-hybridized carbons (Fsp3) is 0.244. The second-order valence-electron chi connectivity index (χ2n) is 13.8. The molecule has 2 nitrogen and oxygen atoms in total. The molecular formula is C45H46IrN2SSi-2. The molecular weight excluding hydrogens is 821 g/mol. The number of fused-ring (bicyclic) bond motifs is 3. The molecule has 3 aromatic heterocycles. The monoisotopic (exact) mass is 875 g/mol. The maximum absolute atomic E-state index is 8.48. The Balaban J connectivity index is 0.000000229. The Morgan fingerprint density at radius 2 is 1.48 bits per heavy atom. The van der Waals surface area contributed by atoms with Crippen molar-refractivity contribution in [3.63, 3.8) is 0 Å². The minimum absolute atomic E-state index is 0. The number of nitrogens with zero attached hydrogens (tertiary/aromatic N) is 2. The summed E-state index contributed by atoms with van der Waals surface area (Å²) in [6.45, 7) is 10.0. The first-order valence-corrected chi connectivity index (χ1v) is 20.7. The molecule has 5 heteroatoms. The molecule has 7 rings (SSSR count). The van der Waals surface area contributed by atoms with E-state index in [1.807, 2.05) is 70.3 Å². The first-order valence-electron chi connectivity index (χ1n) is 20.4. The van der Waals surface area contributed by atoms with E-state index in [4.69, 9.17) is 11.0 Å². The van der Waals surface area contributed by atoms with E-state index < -0.39 is 33.6 Å². The van der Waals surface area contributed by atoms with Crippen molar-refractivity contribution in [2.45, 2.75) is 72.8 Å². The molecule has 0 spiro atoms. The van der Waals surface area contributed by atoms with Gasteiger partial charge in [-0.15, -0.1) is 59.2 Å². The Bertz CT molecular complexity index is 2540. The molecule has 3 heterocycles. The van der Waals surface area contributed by atoms with Gasteiger partial charge in [0.15, 0.2) is 0 Å². The number of pyridine rings is 2. The minimum Gasteiger partial charge on any atom is -0.305 e. The van der Waals surface area contributed by atoms with Crippen molar-refractivity contribution in [3.05, 3.63) is 138 Å². The van der Waals surface area contributed by atoms with E-state index in [-0.39, 0.29) is 25.7 Å². The smallest absolute Gasteiger partial charge is 0.0799 e. The second-order valence-corrected chi connectivity index (χ2v) is 19.9. The molecule has 0 aliphatic heterocycles. The zero-order valence-electron chi connectivity index (χ0n) is 37.5. The molecule has 1 radical (unpaired) electrons. The van der Waals surface area contributed by atoms with Gasteiger partial charge >= 0.3 is 0 Å². The van der Waals surface area contributed by atoms with Crippen LogP contribution in [0.15, 0.2) is 103 Å². The van der Waals surface area contributed by atoms with Crippen LogP contribution in [0.5, 0.6) is 0 Å². The summed E-state index contributed by atoms with van der Waals surface area (Å²) in [5, 5.41) is 3.51. The van der Waals surface area contributed by atoms with E-state index in [0.29, 0.717) is 5.56 Å². The van der Waals surface area contributed by atoms with Gasteiger partial charge in [0.05, 0.1) is 8.07 Å². The molecule has 0 unspecified atom stereocenters. The van der Waals surface area contributed by atoms with Crippen LogP contribution < -0.4 is 5.19 Å². The van der Waals surface area contributed by atoms with Crippen LogP contribution in [0.2, 0.25) is 19.6 Å². The van der Waals surface area contributed by atoms with Gasteiger partial charge in [-0.2, -0.15) is 11.3 Å². The molecule has 0 saturated carbocycles. The number of thiophene rings is 1. The summed E-state index contributed by atoms with van der Waals surface area (Å²) in [4.78, 5) is 9.14. The molecule has 0 aliphatic rings. The molecule has 0 amide bonds. The Labute approximate surface area is 328 Å². The van der Waals surface area contributed by atoms with Crippen molar-refractivity contribution in [3.8, 4) is 33.6 Å². The van der Waals surface area contributed by atoms with E-state index in [9.17, 15) is 0 Å². The van der Waals surface area contributed by atoms with Gasteiger partial charge in [0.25, 0.3) is 0 Å². The summed E-state index contributed by atoms with van der Waals surface area (Å²) >= 11 is 1.70. The third-order valence-electron chi connectivity index (χ3n) is 8.58. The van der Waals surface area contributed by atoms with Gasteiger partial charge in [-0.05, 0) is 68.6 Å². The predicted octanol–water partition coefficient (Wildman–Crippen LogP) is 12.5. The van der Waals surface area contributed by atoms with Gasteiger partial charge in [-0.3, -0.25) is 0 Å². The summed E-state index contributed by atoms with van der Waals surface area (Å²) in [6.07, 6.45) is 3.65. The second kappa shape index (κ2) is 15.7. The van der Waals surface area contributed by atoms with Crippen molar-refractivity contribution < 1.29 is 31.1 Å². The molecule has 50 heavy (non-hydrogen) atoms. The average Bonchev–Trinajstić information content (AvgIpc) is 3.51. The Kier molecular flexibility index (Phi) is 8.74. The van der Waals surface area contributed by atoms with Crippen LogP contribution in [0.4, 0.5) is 0 Å². The van der Waals surface area contributed by atoms with Crippen molar-refractivity contribution in [2.24, 2.45) is 0 Å². The van der Waals surface area contributed by atoms with Gasteiger partial charge in [-0.1, -0.05) is 125 Å². The quantitative estimate of drug-likeness (QED) is 0.123. The number of benzene rings is 4. The van der Waals surface area contributed by atoms with Gasteiger partial charge < -0.3 is 9.97 Å². The zero-order chi connectivity index (χ0) is 41.7. The van der Waals surface area contributed by atoms with Crippen LogP contribution in [0.1, 0.15) is 72.7 Å². The van der Waals surface area contributed by atoms with Crippen LogP contribution in [-0.4, -0.2) is 18.0 Å². The van der Waals surface area contributed by atoms with E-state index in [1.165, 1.54) is 16.6 Å². The number of aryl methyl sites for hydroxylation is 2. The van der Waals surface area contributed by atoms with E-state index in [0.717, 1.165) is 59.6 Å². The van der Waals surface area contributed by atoms with Crippen LogP contribution >= 0.6 is 11.3 Å². The third-order valence-corrected chi connectivity index (χ3v) is 11.8.